The van der Waals surface area contributed by atoms with Crippen LogP contribution in [0.4, 0.5) is 0 Å². The van der Waals surface area contributed by atoms with Crippen molar-refractivity contribution >= 4 is 5.97 Å². The quantitative estimate of drug-likeness (QED) is 0.458. The maximum Gasteiger partial charge on any atom is 2.00 e. The summed E-state index contributed by atoms with van der Waals surface area (Å²) in [4.78, 5) is 9.48. The number of ether oxygens (including phenoxy) is 1. The Balaban J connectivity index is -0.0000000948. The second-order valence-electron chi connectivity index (χ2n) is 3.51. The van der Waals surface area contributed by atoms with Gasteiger partial charge in [0.2, 0.25) is 0 Å². The van der Waals surface area contributed by atoms with E-state index in [0.717, 1.165) is 0 Å². The molecule has 1 rings (SSSR count). The zero-order valence-corrected chi connectivity index (χ0v) is 15.3. The molecule has 0 spiro atoms. The molecule has 0 N–H and O–H groups in total. The number of hydrogen-bond donors (Lipinski definition) is 0. The normalized spacial score (nSPS) is 21.4. The molecule has 1 aliphatic rings. The van der Waals surface area contributed by atoms with Gasteiger partial charge in [-0.05, 0) is 0 Å². The average molecular weight is 448 g/mol. The molecule has 0 aromatic rings. The third-order valence-electron chi connectivity index (χ3n) is 2.41. The Bertz CT molecular complexity index is 163. The van der Waals surface area contributed by atoms with Gasteiger partial charge in [0.25, 0.3) is 0 Å². The van der Waals surface area contributed by atoms with Crippen molar-refractivity contribution in [3.05, 3.63) is 26.6 Å². The molecule has 0 saturated heterocycles. The van der Waals surface area contributed by atoms with Crippen molar-refractivity contribution in [3.8, 4) is 0 Å². The molecule has 3 nitrogen and oxygen atoms in total. The van der Waals surface area contributed by atoms with Crippen molar-refractivity contribution in [2.75, 3.05) is 14.2 Å². The van der Waals surface area contributed by atoms with Crippen molar-refractivity contribution in [2.45, 2.75) is 31.7 Å². The molecule has 0 heterocycles. The summed E-state index contributed by atoms with van der Waals surface area (Å²) in [6.45, 7) is 6.92. The number of carbonyl (C=O) groups is 1. The Morgan fingerprint density at radius 3 is 1.88 bits per heavy atom. The predicted molar refractivity (Wildman–Crippen MR) is 64.2 cm³/mol. The Hall–Kier alpha value is 0.573. The van der Waals surface area contributed by atoms with E-state index in [1.54, 1.807) is 0 Å². The summed E-state index contributed by atoms with van der Waals surface area (Å²) in [7, 11) is 3.21. The van der Waals surface area contributed by atoms with Gasteiger partial charge in [0.05, 0.1) is 7.11 Å². The molecular weight excluding hydrogens is 425 g/mol. The van der Waals surface area contributed by atoms with E-state index in [1.807, 2.05) is 7.05 Å². The standard InChI is InChI=1S/C8H15N.C3H5O2.CH3.V.W/c1-7-3-5-8(9-2)6-4-7;1-3(4)5-2;;;/h7-8H,1,3-6H2,2H3;1H2,2H3;1H3;;/q-2;2*-1;2*+2. The molecule has 1 saturated carbocycles. The molecule has 0 aliphatic heterocycles. The summed E-state index contributed by atoms with van der Waals surface area (Å²) in [6, 6.07) is 0.656. The third-order valence-corrected chi connectivity index (χ3v) is 2.41. The fraction of sp³-hybridized carbons (Fsp3) is 0.667. The minimum Gasteiger partial charge on any atom is -0.662 e. The second-order valence-corrected chi connectivity index (χ2v) is 3.51. The minimum atomic E-state index is -0.495. The second kappa shape index (κ2) is 16.6. The molecule has 99 valence electrons. The van der Waals surface area contributed by atoms with Gasteiger partial charge >= 0.3 is 39.6 Å². The van der Waals surface area contributed by atoms with E-state index in [9.17, 15) is 4.79 Å². The Labute approximate surface area is 133 Å². The van der Waals surface area contributed by atoms with E-state index < -0.39 is 5.97 Å². The predicted octanol–water partition coefficient (Wildman–Crippen LogP) is 2.82. The van der Waals surface area contributed by atoms with Crippen molar-refractivity contribution in [1.29, 1.82) is 0 Å². The maximum atomic E-state index is 9.48. The zero-order chi connectivity index (χ0) is 11.0. The fourth-order valence-electron chi connectivity index (χ4n) is 1.40. The van der Waals surface area contributed by atoms with Crippen LogP contribution in [-0.4, -0.2) is 26.2 Å². The molecule has 1 aliphatic carbocycles. The van der Waals surface area contributed by atoms with Gasteiger partial charge in [-0.25, -0.2) is 0 Å². The zero-order valence-electron chi connectivity index (χ0n) is 11.0. The van der Waals surface area contributed by atoms with Crippen LogP contribution in [0.5, 0.6) is 0 Å². The van der Waals surface area contributed by atoms with Gasteiger partial charge in [0.15, 0.2) is 5.97 Å². The molecular formula is C12H23NO2VW. The van der Waals surface area contributed by atoms with E-state index >= 15 is 0 Å². The van der Waals surface area contributed by atoms with Crippen LogP contribution in [0.1, 0.15) is 25.7 Å². The fourth-order valence-corrected chi connectivity index (χ4v) is 1.40. The SMILES string of the molecule is [CH2-]C(=O)OC.[CH2-]C1CCC([N-]C)CC1.[CH3-].[V+2].[W+2]. The van der Waals surface area contributed by atoms with Gasteiger partial charge in [0, 0.05) is 0 Å². The van der Waals surface area contributed by atoms with Crippen molar-refractivity contribution in [2.24, 2.45) is 5.92 Å². The number of nitrogens with zero attached hydrogens (tertiary/aromatic N) is 1. The summed E-state index contributed by atoms with van der Waals surface area (Å²) in [6.07, 6.45) is 5.10. The molecule has 0 atom stereocenters. The van der Waals surface area contributed by atoms with E-state index in [1.165, 1.54) is 32.8 Å². The van der Waals surface area contributed by atoms with Crippen LogP contribution in [-0.2, 0) is 49.2 Å². The molecule has 1 fully saturated rings. The largest absolute Gasteiger partial charge is 2.00 e. The number of carbonyl (C=O) groups excluding carboxylic acids is 1. The van der Waals surface area contributed by atoms with Crippen LogP contribution in [0.25, 0.3) is 5.32 Å². The Morgan fingerprint density at radius 2 is 1.65 bits per heavy atom. The molecule has 0 bridgehead atoms. The van der Waals surface area contributed by atoms with Crippen molar-refractivity contribution in [1.82, 2.24) is 0 Å². The molecule has 0 amide bonds. The first-order chi connectivity index (χ1) is 6.60. The van der Waals surface area contributed by atoms with Crippen molar-refractivity contribution in [3.63, 3.8) is 0 Å². The minimum absolute atomic E-state index is 0. The number of esters is 1. The maximum absolute atomic E-state index is 9.48. The average Bonchev–Trinajstić information content (AvgIpc) is 2.20. The van der Waals surface area contributed by atoms with Crippen LogP contribution >= 0.6 is 0 Å². The monoisotopic (exact) mass is 448 g/mol. The summed E-state index contributed by atoms with van der Waals surface area (Å²) in [5.41, 5.74) is 0. The van der Waals surface area contributed by atoms with E-state index in [2.05, 4.69) is 23.9 Å². The van der Waals surface area contributed by atoms with Gasteiger partial charge < -0.3 is 24.4 Å². The smallest absolute Gasteiger partial charge is 0.662 e. The van der Waals surface area contributed by atoms with Crippen LogP contribution in [0, 0.1) is 27.2 Å². The van der Waals surface area contributed by atoms with Gasteiger partial charge in [-0.2, -0.15) is 13.0 Å². The Morgan fingerprint density at radius 1 is 1.29 bits per heavy atom. The number of rotatable bonds is 1. The first-order valence-electron chi connectivity index (χ1n) is 4.92. The molecule has 17 heavy (non-hydrogen) atoms. The summed E-state index contributed by atoms with van der Waals surface area (Å²) in [5, 5.41) is 4.25. The summed E-state index contributed by atoms with van der Waals surface area (Å²) in [5.74, 6) is 0.216. The topological polar surface area (TPSA) is 40.4 Å². The molecule has 5 heteroatoms. The number of hydrogen-bond acceptors (Lipinski definition) is 2. The van der Waals surface area contributed by atoms with E-state index in [4.69, 9.17) is 0 Å². The van der Waals surface area contributed by atoms with Gasteiger partial charge in [-0.15, -0.1) is 6.04 Å². The van der Waals surface area contributed by atoms with Crippen LogP contribution in [0.15, 0.2) is 0 Å². The van der Waals surface area contributed by atoms with E-state index in [-0.39, 0.29) is 47.0 Å². The molecule has 1 radical (unpaired) electrons. The van der Waals surface area contributed by atoms with Crippen LogP contribution in [0.2, 0.25) is 0 Å². The van der Waals surface area contributed by atoms with Gasteiger partial charge in [-0.1, -0.05) is 25.7 Å². The molecule has 0 aromatic carbocycles. The van der Waals surface area contributed by atoms with Gasteiger partial charge in [0.1, 0.15) is 0 Å². The Kier molecular flexibility index (Phi) is 25.5. The van der Waals surface area contributed by atoms with Crippen LogP contribution < -0.4 is 0 Å². The molecule has 0 unspecified atom stereocenters. The first kappa shape index (κ1) is 26.2. The first-order valence-corrected chi connectivity index (χ1v) is 4.92. The van der Waals surface area contributed by atoms with Crippen molar-refractivity contribution < 1.29 is 49.2 Å². The molecule has 0 aromatic heterocycles. The number of methoxy groups -OCH3 is 1. The summed E-state index contributed by atoms with van der Waals surface area (Å²) >= 11 is 0. The van der Waals surface area contributed by atoms with Gasteiger partial charge in [-0.3, -0.25) is 11.7 Å². The van der Waals surface area contributed by atoms with E-state index in [0.29, 0.717) is 12.0 Å². The third kappa shape index (κ3) is 16.6. The summed E-state index contributed by atoms with van der Waals surface area (Å²) < 4.78 is 4.00. The van der Waals surface area contributed by atoms with Crippen LogP contribution in [0.3, 0.4) is 0 Å².